The highest BCUT2D eigenvalue weighted by molar-refractivity contribution is 7.89. The van der Waals surface area contributed by atoms with E-state index in [1.807, 2.05) is 0 Å². The Labute approximate surface area is 182 Å². The molecule has 3 rings (SSSR count). The quantitative estimate of drug-likeness (QED) is 0.594. The maximum atomic E-state index is 13.2. The van der Waals surface area contributed by atoms with Crippen LogP contribution in [0.3, 0.4) is 0 Å². The topological polar surface area (TPSA) is 97.7 Å². The number of hydrogen-bond donors (Lipinski definition) is 1. The van der Waals surface area contributed by atoms with Crippen molar-refractivity contribution in [1.29, 1.82) is 0 Å². The monoisotopic (exact) mass is 447 g/mol. The van der Waals surface area contributed by atoms with Crippen LogP contribution in [0.1, 0.15) is 37.0 Å². The number of sulfonamides is 1. The van der Waals surface area contributed by atoms with Gasteiger partial charge in [-0.2, -0.15) is 4.31 Å². The minimum absolute atomic E-state index is 0.0304. The number of ether oxygens (including phenoxy) is 1. The molecule has 168 valence electrons. The largest absolute Gasteiger partial charge is 0.376 e. The number of amides is 1. The van der Waals surface area contributed by atoms with E-state index in [1.54, 1.807) is 30.6 Å². The van der Waals surface area contributed by atoms with Gasteiger partial charge in [-0.1, -0.05) is 19.9 Å². The van der Waals surface area contributed by atoms with E-state index in [1.165, 1.54) is 22.6 Å². The zero-order valence-corrected chi connectivity index (χ0v) is 18.8. The van der Waals surface area contributed by atoms with Crippen LogP contribution in [0.2, 0.25) is 0 Å². The molecule has 1 fully saturated rings. The van der Waals surface area contributed by atoms with Gasteiger partial charge in [0, 0.05) is 44.4 Å². The van der Waals surface area contributed by atoms with Crippen molar-refractivity contribution in [1.82, 2.24) is 14.2 Å². The lowest BCUT2D eigenvalue weighted by Gasteiger charge is -2.19. The first-order chi connectivity index (χ1) is 14.8. The fourth-order valence-corrected chi connectivity index (χ4v) is 5.29. The lowest BCUT2D eigenvalue weighted by atomic mass is 10.1. The summed E-state index contributed by atoms with van der Waals surface area (Å²) in [7, 11) is -3.74. The molecule has 1 atom stereocenters. The summed E-state index contributed by atoms with van der Waals surface area (Å²) < 4.78 is 34.4. The minimum Gasteiger partial charge on any atom is -0.376 e. The second kappa shape index (κ2) is 9.76. The molecule has 1 unspecified atom stereocenters. The summed E-state index contributed by atoms with van der Waals surface area (Å²) in [6.45, 7) is 9.26. The number of rotatable bonds is 9. The first kappa shape index (κ1) is 23.2. The van der Waals surface area contributed by atoms with Gasteiger partial charge in [0.2, 0.25) is 15.5 Å². The van der Waals surface area contributed by atoms with Crippen molar-refractivity contribution in [2.75, 3.05) is 26.2 Å². The molecule has 0 radical (unpaired) electrons. The normalized spacial score (nSPS) is 16.7. The Morgan fingerprint density at radius 1 is 1.35 bits per heavy atom. The molecule has 1 amide bonds. The van der Waals surface area contributed by atoms with Gasteiger partial charge in [0.1, 0.15) is 5.56 Å². The first-order valence-electron chi connectivity index (χ1n) is 10.5. The fraction of sp³-hybridized carbons (Fsp3) is 0.455. The molecule has 31 heavy (non-hydrogen) atoms. The summed E-state index contributed by atoms with van der Waals surface area (Å²) in [4.78, 5) is 26.0. The van der Waals surface area contributed by atoms with E-state index in [4.69, 9.17) is 4.74 Å². The summed E-state index contributed by atoms with van der Waals surface area (Å²) in [6, 6.07) is 4.46. The van der Waals surface area contributed by atoms with Crippen LogP contribution >= 0.6 is 0 Å². The van der Waals surface area contributed by atoms with Gasteiger partial charge in [0.25, 0.3) is 5.91 Å². The summed E-state index contributed by atoms with van der Waals surface area (Å²) >= 11 is 0. The van der Waals surface area contributed by atoms with Crippen molar-refractivity contribution in [3.63, 3.8) is 0 Å². The third-order valence-corrected chi connectivity index (χ3v) is 7.53. The Balaban J connectivity index is 2.07. The predicted octanol–water partition coefficient (Wildman–Crippen LogP) is 2.13. The van der Waals surface area contributed by atoms with Crippen molar-refractivity contribution in [3.05, 3.63) is 52.8 Å². The number of carbonyl (C=O) groups excluding carboxylic acids is 1. The molecule has 8 nitrogen and oxygen atoms in total. The molecular weight excluding hydrogens is 418 g/mol. The van der Waals surface area contributed by atoms with Gasteiger partial charge < -0.3 is 14.6 Å². The molecule has 1 aromatic heterocycles. The molecule has 2 aromatic rings. The summed E-state index contributed by atoms with van der Waals surface area (Å²) in [6.07, 6.45) is 4.91. The number of benzene rings is 1. The highest BCUT2D eigenvalue weighted by atomic mass is 32.2. The van der Waals surface area contributed by atoms with Crippen molar-refractivity contribution in [2.45, 2.75) is 44.2 Å². The van der Waals surface area contributed by atoms with Crippen LogP contribution in [0.15, 0.2) is 46.7 Å². The number of carbonyl (C=O) groups is 1. The van der Waals surface area contributed by atoms with Crippen LogP contribution in [0.5, 0.6) is 0 Å². The maximum Gasteiger partial charge on any atom is 0.256 e. The number of allylic oxidation sites excluding steroid dienone is 1. The SMILES string of the molecule is C=CCn1cc(C(=O)NCC2CCCO2)c(=O)c2cc(S(=O)(=O)N(CC)CC)ccc21. The van der Waals surface area contributed by atoms with Crippen LogP contribution in [0.4, 0.5) is 0 Å². The van der Waals surface area contributed by atoms with Crippen LogP contribution in [-0.4, -0.2) is 55.5 Å². The van der Waals surface area contributed by atoms with E-state index < -0.39 is 21.4 Å². The van der Waals surface area contributed by atoms with Gasteiger partial charge in [0.15, 0.2) is 0 Å². The van der Waals surface area contributed by atoms with Crippen molar-refractivity contribution >= 4 is 26.8 Å². The van der Waals surface area contributed by atoms with Crippen LogP contribution in [0.25, 0.3) is 10.9 Å². The molecule has 0 aliphatic carbocycles. The zero-order valence-electron chi connectivity index (χ0n) is 18.0. The summed E-state index contributed by atoms with van der Waals surface area (Å²) in [5, 5.41) is 2.95. The van der Waals surface area contributed by atoms with Crippen molar-refractivity contribution in [3.8, 4) is 0 Å². The minimum atomic E-state index is -3.74. The fourth-order valence-electron chi connectivity index (χ4n) is 3.81. The molecule has 2 heterocycles. The third kappa shape index (κ3) is 4.73. The lowest BCUT2D eigenvalue weighted by Crippen LogP contribution is -2.35. The molecule has 1 N–H and O–H groups in total. The standard InChI is InChI=1S/C22H29N3O5S/c1-4-11-24-15-19(22(27)23-14-16-8-7-12-30-16)21(26)18-13-17(9-10-20(18)24)31(28,29)25(5-2)6-3/h4,9-10,13,15-16H,1,5-8,11-12,14H2,2-3H3,(H,23,27). The Morgan fingerprint density at radius 3 is 2.71 bits per heavy atom. The number of pyridine rings is 1. The van der Waals surface area contributed by atoms with E-state index in [2.05, 4.69) is 11.9 Å². The van der Waals surface area contributed by atoms with Crippen molar-refractivity contribution < 1.29 is 17.9 Å². The molecule has 0 saturated carbocycles. The zero-order chi connectivity index (χ0) is 22.6. The summed E-state index contributed by atoms with van der Waals surface area (Å²) in [5.41, 5.74) is 0.000516. The molecule has 1 aromatic carbocycles. The van der Waals surface area contributed by atoms with Gasteiger partial charge in [-0.15, -0.1) is 6.58 Å². The summed E-state index contributed by atoms with van der Waals surface area (Å²) in [5.74, 6) is -0.503. The van der Waals surface area contributed by atoms with Crippen LogP contribution < -0.4 is 10.7 Å². The maximum absolute atomic E-state index is 13.2. The average Bonchev–Trinajstić information content (AvgIpc) is 3.28. The number of aromatic nitrogens is 1. The smallest absolute Gasteiger partial charge is 0.256 e. The second-order valence-electron chi connectivity index (χ2n) is 7.43. The van der Waals surface area contributed by atoms with E-state index >= 15 is 0 Å². The molecule has 1 aliphatic heterocycles. The van der Waals surface area contributed by atoms with Crippen molar-refractivity contribution in [2.24, 2.45) is 0 Å². The van der Waals surface area contributed by atoms with E-state index in [-0.39, 0.29) is 21.9 Å². The molecular formula is C22H29N3O5S. The Kier molecular flexibility index (Phi) is 7.30. The van der Waals surface area contributed by atoms with E-state index in [0.29, 0.717) is 38.3 Å². The van der Waals surface area contributed by atoms with Crippen LogP contribution in [-0.2, 0) is 21.3 Å². The second-order valence-corrected chi connectivity index (χ2v) is 9.36. The van der Waals surface area contributed by atoms with Crippen LogP contribution in [0, 0.1) is 0 Å². The Bertz CT molecular complexity index is 1130. The Hall–Kier alpha value is -2.49. The van der Waals surface area contributed by atoms with Gasteiger partial charge in [0.05, 0.1) is 16.5 Å². The molecule has 0 bridgehead atoms. The highest BCUT2D eigenvalue weighted by Gasteiger charge is 2.24. The average molecular weight is 448 g/mol. The van der Waals surface area contributed by atoms with Gasteiger partial charge >= 0.3 is 0 Å². The highest BCUT2D eigenvalue weighted by Crippen LogP contribution is 2.21. The third-order valence-electron chi connectivity index (χ3n) is 5.48. The molecule has 1 saturated heterocycles. The number of fused-ring (bicyclic) bond motifs is 1. The number of nitrogens with one attached hydrogen (secondary N) is 1. The molecule has 9 heteroatoms. The van der Waals surface area contributed by atoms with E-state index in [9.17, 15) is 18.0 Å². The molecule has 0 spiro atoms. The number of nitrogens with zero attached hydrogens (tertiary/aromatic N) is 2. The molecule has 1 aliphatic rings. The van der Waals surface area contributed by atoms with Gasteiger partial charge in [-0.3, -0.25) is 9.59 Å². The van der Waals surface area contributed by atoms with Gasteiger partial charge in [-0.25, -0.2) is 8.42 Å². The van der Waals surface area contributed by atoms with Gasteiger partial charge in [-0.05, 0) is 31.0 Å². The number of hydrogen-bond acceptors (Lipinski definition) is 5. The lowest BCUT2D eigenvalue weighted by molar-refractivity contribution is 0.0856. The predicted molar refractivity (Wildman–Crippen MR) is 120 cm³/mol. The first-order valence-corrected chi connectivity index (χ1v) is 12.0. The Morgan fingerprint density at radius 2 is 2.10 bits per heavy atom. The van der Waals surface area contributed by atoms with E-state index in [0.717, 1.165) is 12.8 Å².